The summed E-state index contributed by atoms with van der Waals surface area (Å²) >= 11 is 0. The van der Waals surface area contributed by atoms with E-state index in [2.05, 4.69) is 453 Å². The molecule has 0 aliphatic carbocycles. The molecule has 0 aliphatic rings. The van der Waals surface area contributed by atoms with E-state index in [4.69, 9.17) is 9.47 Å². The second kappa shape index (κ2) is 44.5. The first-order valence-corrected chi connectivity index (χ1v) is 47.9. The van der Waals surface area contributed by atoms with E-state index >= 15 is 0 Å². The van der Waals surface area contributed by atoms with Gasteiger partial charge in [-0.25, -0.2) is 0 Å². The van der Waals surface area contributed by atoms with Gasteiger partial charge in [0.25, 0.3) is 0 Å². The number of unbranched alkanes of at least 4 members (excludes halogenated alkanes) is 1. The molecule has 0 bridgehead atoms. The largest absolute Gasteiger partial charge is 0.380 e. The lowest BCUT2D eigenvalue weighted by molar-refractivity contribution is -0.112. The van der Waals surface area contributed by atoms with E-state index in [1.165, 1.54) is 77.0 Å². The van der Waals surface area contributed by atoms with Gasteiger partial charge >= 0.3 is 0 Å². The Morgan fingerprint density at radius 3 is 0.534 bits per heavy atom. The summed E-state index contributed by atoms with van der Waals surface area (Å²) in [5.41, 5.74) is 6.12. The molecule has 0 spiro atoms. The van der Waals surface area contributed by atoms with Gasteiger partial charge < -0.3 is 9.47 Å². The van der Waals surface area contributed by atoms with Crippen LogP contribution in [0, 0.1) is 154 Å². The molecule has 2 heteroatoms. The predicted octanol–water partition coefficient (Wildman–Crippen LogP) is 39.5. The van der Waals surface area contributed by atoms with Gasteiger partial charge in [-0.2, -0.15) is 0 Å². The van der Waals surface area contributed by atoms with Gasteiger partial charge in [0.15, 0.2) is 0 Å². The molecular weight excluding hydrogens is 1400 g/mol. The lowest BCUT2D eigenvalue weighted by Crippen LogP contribution is -2.51. The average Bonchev–Trinajstić information content (AvgIpc) is 0.748. The molecule has 0 saturated carbocycles. The van der Waals surface area contributed by atoms with Gasteiger partial charge in [0, 0.05) is 5.41 Å². The molecule has 700 valence electrons. The molecule has 4 atom stereocenters. The summed E-state index contributed by atoms with van der Waals surface area (Å²) in [6.07, 6.45) is 28.0. The second-order valence-electron chi connectivity index (χ2n) is 62.6. The normalized spacial score (nSPS) is 16.1. The molecule has 4 unspecified atom stereocenters. The number of allylic oxidation sites excluding steroid dienone is 4. The van der Waals surface area contributed by atoms with Gasteiger partial charge in [0.2, 0.25) is 0 Å². The third-order valence-corrected chi connectivity index (χ3v) is 23.1. The standard InChI is InChI=1S/C47H96O2.C30H62.C15H28.C12H26.C10H20/c1-37(2,3)25-45(26-38(4,5)6,27-39(7,8)9)33-48-35-47(31-43(19,20)21,32-44(22,23)24)36-49-34-46(28-40(10,11)12,29-41(13,14)15)30-42(16,17)18;1-25(2,3)19-21(27(7,8)9)23(29(13,14)15)24(30(16,17)18)22(28(10,11)12)20-26(4,5)6;1-9-11-15(12-10-2,13(3,4)5)14(6,7)8;1-11(2,3)9-7-8-10-12(4,5)6;1-9(2,3)7-8-10(4,5)6/h25-36H2,1-24H3;21-24H,19-20H2,1-18H3;9-10H,1-2,11-12H2,3-8H3;7-10H2,1-6H3;7-8H,1-6H3/b;;;;8-7-. The van der Waals surface area contributed by atoms with Crippen LogP contribution in [-0.2, 0) is 9.47 Å². The summed E-state index contributed by atoms with van der Waals surface area (Å²) in [6.45, 7) is 155. The fourth-order valence-corrected chi connectivity index (χ4v) is 21.7. The van der Waals surface area contributed by atoms with Crippen molar-refractivity contribution < 1.29 is 9.47 Å². The first kappa shape index (κ1) is 124. The molecule has 2 nitrogen and oxygen atoms in total. The Morgan fingerprint density at radius 2 is 0.405 bits per heavy atom. The van der Waals surface area contributed by atoms with Crippen LogP contribution in [0.15, 0.2) is 37.5 Å². The summed E-state index contributed by atoms with van der Waals surface area (Å²) < 4.78 is 14.5. The van der Waals surface area contributed by atoms with Crippen molar-refractivity contribution in [1.82, 2.24) is 0 Å². The summed E-state index contributed by atoms with van der Waals surface area (Å²) in [6, 6.07) is 0. The van der Waals surface area contributed by atoms with Crippen molar-refractivity contribution in [2.75, 3.05) is 26.4 Å². The monoisotopic (exact) mass is 1630 g/mol. The van der Waals surface area contributed by atoms with Crippen LogP contribution in [-0.4, -0.2) is 26.4 Å². The highest BCUT2D eigenvalue weighted by molar-refractivity contribution is 5.06. The molecule has 0 radical (unpaired) electrons. The van der Waals surface area contributed by atoms with Crippen molar-refractivity contribution in [3.05, 3.63) is 37.5 Å². The van der Waals surface area contributed by atoms with Crippen LogP contribution in [0.3, 0.4) is 0 Å². The van der Waals surface area contributed by atoms with Gasteiger partial charge in [-0.15, -0.1) is 13.2 Å². The average molecular weight is 1640 g/mol. The lowest BCUT2D eigenvalue weighted by atomic mass is 9.47. The zero-order chi connectivity index (χ0) is 94.7. The third-order valence-electron chi connectivity index (χ3n) is 23.1. The Morgan fingerprint density at radius 1 is 0.224 bits per heavy atom. The first-order chi connectivity index (χ1) is 49.8. The van der Waals surface area contributed by atoms with E-state index in [9.17, 15) is 0 Å². The van der Waals surface area contributed by atoms with Crippen LogP contribution in [0.1, 0.15) is 518 Å². The van der Waals surface area contributed by atoms with Crippen LogP contribution in [0.25, 0.3) is 0 Å². The van der Waals surface area contributed by atoms with E-state index in [1.807, 2.05) is 0 Å². The van der Waals surface area contributed by atoms with Crippen molar-refractivity contribution in [2.24, 2.45) is 154 Å². The van der Waals surface area contributed by atoms with Crippen LogP contribution in [0.5, 0.6) is 0 Å². The molecule has 0 amide bonds. The fraction of sp³-hybridized carbons (Fsp3) is 0.947. The van der Waals surface area contributed by atoms with E-state index < -0.39 is 0 Å². The summed E-state index contributed by atoms with van der Waals surface area (Å²) in [5, 5.41) is 0. The number of hydrogen-bond donors (Lipinski definition) is 0. The molecule has 0 saturated heterocycles. The lowest BCUT2D eigenvalue weighted by Gasteiger charge is -2.57. The van der Waals surface area contributed by atoms with Crippen LogP contribution < -0.4 is 0 Å². The van der Waals surface area contributed by atoms with E-state index in [-0.39, 0.29) is 86.6 Å². The quantitative estimate of drug-likeness (QED) is 0.0574. The predicted molar refractivity (Wildman–Crippen MR) is 538 cm³/mol. The Balaban J connectivity index is -0.000000512. The van der Waals surface area contributed by atoms with Crippen molar-refractivity contribution >= 4 is 0 Å². The minimum Gasteiger partial charge on any atom is -0.380 e. The molecule has 0 fully saturated rings. The molecule has 0 aromatic rings. The molecule has 116 heavy (non-hydrogen) atoms. The van der Waals surface area contributed by atoms with Gasteiger partial charge in [0.1, 0.15) is 0 Å². The third kappa shape index (κ3) is 62.3. The topological polar surface area (TPSA) is 18.5 Å². The van der Waals surface area contributed by atoms with Gasteiger partial charge in [-0.05, 0) is 238 Å². The molecular formula is C114H232O2. The number of hydrogen-bond acceptors (Lipinski definition) is 2. The summed E-state index contributed by atoms with van der Waals surface area (Å²) in [7, 11) is 0. The highest BCUT2D eigenvalue weighted by Crippen LogP contribution is 2.61. The minimum atomic E-state index is -0.0651. The Hall–Kier alpha value is -0.860. The SMILES string of the molecule is C=CCC(CC=C)(C(C)(C)C)C(C)(C)C.CC(C)(C)/C=C\C(C)(C)C.CC(C)(C)CC(C(C(C(CC(C)(C)C)C(C)(C)C)C(C)(C)C)C(C)(C)C)C(C)(C)C.CC(C)(C)CC(COCC(CC(C)(C)C)(CC(C)(C)C)CC(C)(C)C)(COCC(CC(C)(C)C)(CC(C)(C)C)CC(C)(C)C)CC(C)(C)C.CC(C)(C)CCCCC(C)(C)C. The molecule has 0 N–H and O–H groups in total. The van der Waals surface area contributed by atoms with Crippen LogP contribution in [0.4, 0.5) is 0 Å². The Labute approximate surface area is 740 Å². The fourth-order valence-electron chi connectivity index (χ4n) is 21.7. The zero-order valence-electron chi connectivity index (χ0n) is 93.0. The maximum absolute atomic E-state index is 7.24. The van der Waals surface area contributed by atoms with E-state index in [0.29, 0.717) is 67.0 Å². The highest BCUT2D eigenvalue weighted by Gasteiger charge is 2.54. The van der Waals surface area contributed by atoms with Crippen LogP contribution in [0.2, 0.25) is 0 Å². The minimum absolute atomic E-state index is 0.0651. The zero-order valence-corrected chi connectivity index (χ0v) is 93.0. The summed E-state index contributed by atoms with van der Waals surface area (Å²) in [5.74, 6) is 2.71. The first-order valence-electron chi connectivity index (χ1n) is 47.9. The van der Waals surface area contributed by atoms with Crippen molar-refractivity contribution in [2.45, 2.75) is 518 Å². The summed E-state index contributed by atoms with van der Waals surface area (Å²) in [4.78, 5) is 0. The second-order valence-corrected chi connectivity index (χ2v) is 62.6. The molecule has 0 aliphatic heterocycles. The molecule has 0 aromatic carbocycles. The van der Waals surface area contributed by atoms with Crippen LogP contribution >= 0.6 is 0 Å². The maximum atomic E-state index is 7.24. The maximum Gasteiger partial charge on any atom is 0.0545 e. The van der Waals surface area contributed by atoms with Gasteiger partial charge in [-0.3, -0.25) is 0 Å². The smallest absolute Gasteiger partial charge is 0.0545 e. The van der Waals surface area contributed by atoms with Crippen molar-refractivity contribution in [3.8, 4) is 0 Å². The Kier molecular flexibility index (Phi) is 47.5. The number of ether oxygens (including phenoxy) is 2. The molecule has 0 rings (SSSR count). The molecule has 0 aromatic heterocycles. The van der Waals surface area contributed by atoms with Gasteiger partial charge in [-0.1, -0.05) is 453 Å². The highest BCUT2D eigenvalue weighted by atomic mass is 16.5. The van der Waals surface area contributed by atoms with E-state index in [0.717, 1.165) is 52.1 Å². The number of rotatable bonds is 28. The molecule has 0 heterocycles. The van der Waals surface area contributed by atoms with Gasteiger partial charge in [0.05, 0.1) is 26.4 Å². The Bertz CT molecular complexity index is 2400. The van der Waals surface area contributed by atoms with Crippen molar-refractivity contribution in [1.29, 1.82) is 0 Å². The van der Waals surface area contributed by atoms with Crippen molar-refractivity contribution in [3.63, 3.8) is 0 Å². The van der Waals surface area contributed by atoms with E-state index in [1.54, 1.807) is 0 Å².